The highest BCUT2D eigenvalue weighted by molar-refractivity contribution is 8.18. The van der Waals surface area contributed by atoms with Crippen molar-refractivity contribution in [3.05, 3.63) is 113 Å². The third-order valence-corrected chi connectivity index (χ3v) is 6.00. The van der Waals surface area contributed by atoms with Crippen LogP contribution in [0.4, 0.5) is 21.9 Å². The summed E-state index contributed by atoms with van der Waals surface area (Å²) in [5.41, 5.74) is -0.166. The topological polar surface area (TPSA) is 176 Å². The van der Waals surface area contributed by atoms with E-state index in [-0.39, 0.29) is 28.6 Å². The van der Waals surface area contributed by atoms with E-state index in [1.807, 2.05) is 0 Å². The predicted molar refractivity (Wildman–Crippen MR) is 131 cm³/mol. The van der Waals surface area contributed by atoms with Gasteiger partial charge in [-0.1, -0.05) is 24.3 Å². The minimum absolute atomic E-state index is 0.0625. The zero-order valence-electron chi connectivity index (χ0n) is 18.5. The van der Waals surface area contributed by atoms with Crippen molar-refractivity contribution in [3.63, 3.8) is 0 Å². The van der Waals surface area contributed by atoms with Crippen LogP contribution in [-0.2, 0) is 11.3 Å². The quantitative estimate of drug-likeness (QED) is 0.210. The minimum atomic E-state index is -0.798. The molecule has 0 saturated carbocycles. The number of carbonyl (C=O) groups excluding carboxylic acids is 2. The summed E-state index contributed by atoms with van der Waals surface area (Å²) >= 11 is 0.721. The van der Waals surface area contributed by atoms with E-state index in [2.05, 4.69) is 0 Å². The van der Waals surface area contributed by atoms with Crippen molar-refractivity contribution >= 4 is 46.0 Å². The number of imide groups is 1. The first-order valence-electron chi connectivity index (χ1n) is 10.3. The second kappa shape index (κ2) is 10.2. The number of hydrogen-bond acceptors (Lipinski definition) is 10. The fraction of sp³-hybridized carbons (Fsp3) is 0.0435. The lowest BCUT2D eigenvalue weighted by Gasteiger charge is -2.12. The number of nitro benzene ring substituents is 3. The Kier molecular flexibility index (Phi) is 6.92. The number of non-ortho nitro benzene ring substituents is 2. The molecule has 14 heteroatoms. The number of nitro groups is 3. The maximum atomic E-state index is 12.8. The molecule has 4 rings (SSSR count). The molecule has 37 heavy (non-hydrogen) atoms. The summed E-state index contributed by atoms with van der Waals surface area (Å²) in [5.74, 6) is -0.599. The molecule has 0 unspecified atom stereocenters. The van der Waals surface area contributed by atoms with E-state index in [4.69, 9.17) is 4.74 Å². The Morgan fingerprint density at radius 1 is 0.838 bits per heavy atom. The predicted octanol–water partition coefficient (Wildman–Crippen LogP) is 5.44. The Balaban J connectivity index is 1.53. The maximum Gasteiger partial charge on any atom is 0.318 e. The van der Waals surface area contributed by atoms with E-state index in [0.717, 1.165) is 34.9 Å². The fourth-order valence-electron chi connectivity index (χ4n) is 3.34. The number of carbonyl (C=O) groups is 2. The van der Waals surface area contributed by atoms with E-state index in [1.165, 1.54) is 42.5 Å². The van der Waals surface area contributed by atoms with Crippen LogP contribution < -0.4 is 4.74 Å². The highest BCUT2D eigenvalue weighted by Gasteiger charge is 2.35. The molecule has 1 heterocycles. The molecule has 0 N–H and O–H groups in total. The lowest BCUT2D eigenvalue weighted by Crippen LogP contribution is -2.27. The van der Waals surface area contributed by atoms with Gasteiger partial charge < -0.3 is 4.74 Å². The highest BCUT2D eigenvalue weighted by atomic mass is 32.2. The average Bonchev–Trinajstić information content (AvgIpc) is 3.11. The molecular formula is C23H14N4O9S. The van der Waals surface area contributed by atoms with Crippen LogP contribution in [0, 0.1) is 30.3 Å². The molecule has 3 aromatic rings. The monoisotopic (exact) mass is 522 g/mol. The molecule has 0 radical (unpaired) electrons. The van der Waals surface area contributed by atoms with Crippen molar-refractivity contribution in [2.45, 2.75) is 6.54 Å². The standard InChI is InChI=1S/C23H14N4O9S/c28-22-21(37-23(29)24(22)13-14-4-6-16(7-5-14)25(30)31)11-15-2-1-3-18(10-15)36-20-9-8-17(26(32)33)12-19(20)27(34)35/h1-12H,13H2. The van der Waals surface area contributed by atoms with E-state index in [0.29, 0.717) is 11.1 Å². The van der Waals surface area contributed by atoms with Gasteiger partial charge in [-0.2, -0.15) is 0 Å². The minimum Gasteiger partial charge on any atom is -0.450 e. The van der Waals surface area contributed by atoms with Crippen molar-refractivity contribution < 1.29 is 29.1 Å². The lowest BCUT2D eigenvalue weighted by molar-refractivity contribution is -0.394. The van der Waals surface area contributed by atoms with Gasteiger partial charge >= 0.3 is 5.69 Å². The first-order valence-corrected chi connectivity index (χ1v) is 11.1. The van der Waals surface area contributed by atoms with E-state index in [9.17, 15) is 39.9 Å². The van der Waals surface area contributed by atoms with Crippen molar-refractivity contribution in [1.29, 1.82) is 0 Å². The number of benzene rings is 3. The third kappa shape index (κ3) is 5.59. The number of rotatable bonds is 8. The summed E-state index contributed by atoms with van der Waals surface area (Å²) in [6.07, 6.45) is 1.46. The van der Waals surface area contributed by atoms with Gasteiger partial charge in [0.05, 0.1) is 32.3 Å². The van der Waals surface area contributed by atoms with Crippen LogP contribution in [0.25, 0.3) is 6.08 Å². The molecule has 0 bridgehead atoms. The first kappa shape index (κ1) is 25.0. The third-order valence-electron chi connectivity index (χ3n) is 5.10. The van der Waals surface area contributed by atoms with E-state index in [1.54, 1.807) is 12.1 Å². The average molecular weight is 522 g/mol. The molecule has 0 atom stereocenters. The number of hydrogen-bond donors (Lipinski definition) is 0. The molecule has 0 spiro atoms. The maximum absolute atomic E-state index is 12.8. The SMILES string of the molecule is O=C1SC(=Cc2cccc(Oc3ccc([N+](=O)[O-])cc3[N+](=O)[O-])c2)C(=O)N1Cc1ccc([N+](=O)[O-])cc1. The van der Waals surface area contributed by atoms with Crippen LogP contribution >= 0.6 is 11.8 Å². The van der Waals surface area contributed by atoms with Gasteiger partial charge in [0.25, 0.3) is 22.5 Å². The van der Waals surface area contributed by atoms with Crippen molar-refractivity contribution in [3.8, 4) is 11.5 Å². The Labute approximate surface area is 211 Å². The second-order valence-corrected chi connectivity index (χ2v) is 8.53. The van der Waals surface area contributed by atoms with Crippen LogP contribution in [-0.4, -0.2) is 30.8 Å². The van der Waals surface area contributed by atoms with Gasteiger partial charge in [-0.3, -0.25) is 44.8 Å². The summed E-state index contributed by atoms with van der Waals surface area (Å²) in [4.78, 5) is 57.4. The molecular weight excluding hydrogens is 508 g/mol. The van der Waals surface area contributed by atoms with E-state index >= 15 is 0 Å². The Morgan fingerprint density at radius 2 is 1.51 bits per heavy atom. The van der Waals surface area contributed by atoms with Crippen molar-refractivity contribution in [1.82, 2.24) is 4.90 Å². The molecule has 1 fully saturated rings. The molecule has 1 aliphatic heterocycles. The normalized spacial score (nSPS) is 14.2. The zero-order chi connectivity index (χ0) is 26.7. The van der Waals surface area contributed by atoms with Crippen molar-refractivity contribution in [2.24, 2.45) is 0 Å². The Hall–Kier alpha value is -5.11. The van der Waals surface area contributed by atoms with Crippen LogP contribution in [0.15, 0.2) is 71.6 Å². The summed E-state index contributed by atoms with van der Waals surface area (Å²) in [6.45, 7) is -0.0625. The van der Waals surface area contributed by atoms with Crippen LogP contribution in [0.1, 0.15) is 11.1 Å². The number of nitrogens with zero attached hydrogens (tertiary/aromatic N) is 4. The summed E-state index contributed by atoms with van der Waals surface area (Å²) in [5, 5.41) is 32.6. The summed E-state index contributed by atoms with van der Waals surface area (Å²) in [7, 11) is 0. The smallest absolute Gasteiger partial charge is 0.318 e. The lowest BCUT2D eigenvalue weighted by atomic mass is 10.2. The van der Waals surface area contributed by atoms with Crippen LogP contribution in [0.5, 0.6) is 11.5 Å². The van der Waals surface area contributed by atoms with E-state index < -0.39 is 37.3 Å². The molecule has 1 saturated heterocycles. The first-order chi connectivity index (χ1) is 17.6. The summed E-state index contributed by atoms with van der Waals surface area (Å²) < 4.78 is 5.57. The van der Waals surface area contributed by atoms with Crippen LogP contribution in [0.3, 0.4) is 0 Å². The molecule has 3 aromatic carbocycles. The Bertz CT molecular complexity index is 1490. The molecule has 2 amide bonds. The van der Waals surface area contributed by atoms with Gasteiger partial charge in [0, 0.05) is 18.2 Å². The second-order valence-electron chi connectivity index (χ2n) is 7.53. The van der Waals surface area contributed by atoms with Gasteiger partial charge in [-0.25, -0.2) is 0 Å². The van der Waals surface area contributed by atoms with Gasteiger partial charge in [-0.15, -0.1) is 0 Å². The molecule has 0 aliphatic carbocycles. The molecule has 1 aliphatic rings. The number of amides is 2. The molecule has 0 aromatic heterocycles. The largest absolute Gasteiger partial charge is 0.450 e. The van der Waals surface area contributed by atoms with Crippen LogP contribution in [0.2, 0.25) is 0 Å². The fourth-order valence-corrected chi connectivity index (χ4v) is 4.17. The summed E-state index contributed by atoms with van der Waals surface area (Å²) in [6, 6.07) is 14.7. The van der Waals surface area contributed by atoms with Gasteiger partial charge in [0.15, 0.2) is 0 Å². The highest BCUT2D eigenvalue weighted by Crippen LogP contribution is 2.36. The molecule has 13 nitrogen and oxygen atoms in total. The van der Waals surface area contributed by atoms with Gasteiger partial charge in [0.2, 0.25) is 5.75 Å². The molecule has 186 valence electrons. The van der Waals surface area contributed by atoms with Gasteiger partial charge in [-0.05, 0) is 47.2 Å². The van der Waals surface area contributed by atoms with Crippen molar-refractivity contribution in [2.75, 3.05) is 0 Å². The van der Waals surface area contributed by atoms with Gasteiger partial charge in [0.1, 0.15) is 5.75 Å². The number of thioether (sulfide) groups is 1. The number of ether oxygens (including phenoxy) is 1. The zero-order valence-corrected chi connectivity index (χ0v) is 19.3. The Morgan fingerprint density at radius 3 is 2.16 bits per heavy atom.